The first-order chi connectivity index (χ1) is 10.0. The van der Waals surface area contributed by atoms with Crippen molar-refractivity contribution in [1.82, 2.24) is 5.32 Å². The minimum Gasteiger partial charge on any atom is -0.481 e. The Kier molecular flexibility index (Phi) is 5.20. The quantitative estimate of drug-likeness (QED) is 0.753. The smallest absolute Gasteiger partial charge is 0.319 e. The molecule has 114 valence electrons. The SMILES string of the molecule is CC(CCCC(=O)O)NC(=O)Nc1ccc2c(c1)CCC2. The highest BCUT2D eigenvalue weighted by Gasteiger charge is 2.12. The van der Waals surface area contributed by atoms with Gasteiger partial charge in [-0.1, -0.05) is 6.07 Å². The molecule has 1 atom stereocenters. The van der Waals surface area contributed by atoms with Gasteiger partial charge in [-0.3, -0.25) is 4.79 Å². The summed E-state index contributed by atoms with van der Waals surface area (Å²) in [7, 11) is 0. The van der Waals surface area contributed by atoms with E-state index in [0.717, 1.165) is 18.5 Å². The molecule has 0 saturated carbocycles. The largest absolute Gasteiger partial charge is 0.481 e. The maximum absolute atomic E-state index is 11.9. The van der Waals surface area contributed by atoms with Gasteiger partial charge in [0.05, 0.1) is 0 Å². The molecule has 0 aliphatic heterocycles. The zero-order valence-corrected chi connectivity index (χ0v) is 12.3. The third-order valence-corrected chi connectivity index (χ3v) is 3.76. The highest BCUT2D eigenvalue weighted by Crippen LogP contribution is 2.24. The van der Waals surface area contributed by atoms with E-state index < -0.39 is 5.97 Å². The van der Waals surface area contributed by atoms with Gasteiger partial charge in [0.2, 0.25) is 0 Å². The number of aryl methyl sites for hydroxylation is 2. The monoisotopic (exact) mass is 290 g/mol. The molecule has 1 aromatic carbocycles. The number of amides is 2. The van der Waals surface area contributed by atoms with Crippen molar-refractivity contribution in [2.45, 2.75) is 51.5 Å². The number of fused-ring (bicyclic) bond motifs is 1. The lowest BCUT2D eigenvalue weighted by molar-refractivity contribution is -0.137. The second-order valence-electron chi connectivity index (χ2n) is 5.62. The summed E-state index contributed by atoms with van der Waals surface area (Å²) in [6.45, 7) is 1.88. The summed E-state index contributed by atoms with van der Waals surface area (Å²) in [6.07, 6.45) is 4.75. The van der Waals surface area contributed by atoms with Crippen molar-refractivity contribution in [3.63, 3.8) is 0 Å². The van der Waals surface area contributed by atoms with Gasteiger partial charge in [0.25, 0.3) is 0 Å². The molecule has 0 bridgehead atoms. The van der Waals surface area contributed by atoms with Crippen LogP contribution in [0.25, 0.3) is 0 Å². The number of anilines is 1. The van der Waals surface area contributed by atoms with Gasteiger partial charge in [0, 0.05) is 18.2 Å². The standard InChI is InChI=1S/C16H22N2O3/c1-11(4-2-7-15(19)20)17-16(21)18-14-9-8-12-5-3-6-13(12)10-14/h8-11H,2-7H2,1H3,(H,19,20)(H2,17,18,21). The number of carbonyl (C=O) groups is 2. The molecule has 0 heterocycles. The number of urea groups is 1. The van der Waals surface area contributed by atoms with Crippen molar-refractivity contribution in [2.24, 2.45) is 0 Å². The van der Waals surface area contributed by atoms with E-state index in [2.05, 4.69) is 16.7 Å². The molecule has 1 aromatic rings. The third-order valence-electron chi connectivity index (χ3n) is 3.76. The van der Waals surface area contributed by atoms with Crippen molar-refractivity contribution in [2.75, 3.05) is 5.32 Å². The molecule has 2 rings (SSSR count). The van der Waals surface area contributed by atoms with Gasteiger partial charge in [-0.2, -0.15) is 0 Å². The minimum atomic E-state index is -0.801. The van der Waals surface area contributed by atoms with Gasteiger partial charge in [0.15, 0.2) is 0 Å². The lowest BCUT2D eigenvalue weighted by Gasteiger charge is -2.14. The minimum absolute atomic E-state index is 0.0428. The zero-order valence-electron chi connectivity index (χ0n) is 12.3. The molecule has 2 amide bonds. The predicted octanol–water partition coefficient (Wildman–Crippen LogP) is 2.94. The van der Waals surface area contributed by atoms with Crippen LogP contribution in [0.3, 0.4) is 0 Å². The normalized spacial score (nSPS) is 14.3. The molecule has 0 saturated heterocycles. The second-order valence-corrected chi connectivity index (χ2v) is 5.62. The maximum Gasteiger partial charge on any atom is 0.319 e. The Bertz CT molecular complexity index is 528. The predicted molar refractivity (Wildman–Crippen MR) is 81.6 cm³/mol. The van der Waals surface area contributed by atoms with Crippen molar-refractivity contribution in [3.8, 4) is 0 Å². The maximum atomic E-state index is 11.9. The van der Waals surface area contributed by atoms with E-state index in [-0.39, 0.29) is 18.5 Å². The fourth-order valence-corrected chi connectivity index (χ4v) is 2.67. The van der Waals surface area contributed by atoms with Crippen LogP contribution in [0.4, 0.5) is 10.5 Å². The van der Waals surface area contributed by atoms with E-state index in [0.29, 0.717) is 12.8 Å². The van der Waals surface area contributed by atoms with Crippen LogP contribution in [0.5, 0.6) is 0 Å². The average Bonchev–Trinajstić information content (AvgIpc) is 2.85. The van der Waals surface area contributed by atoms with Crippen LogP contribution in [-0.4, -0.2) is 23.1 Å². The number of benzene rings is 1. The lowest BCUT2D eigenvalue weighted by atomic mass is 10.1. The molecular weight excluding hydrogens is 268 g/mol. The number of rotatable bonds is 6. The molecule has 1 aliphatic carbocycles. The molecule has 1 aliphatic rings. The summed E-state index contributed by atoms with van der Waals surface area (Å²) in [5, 5.41) is 14.2. The Morgan fingerprint density at radius 3 is 2.81 bits per heavy atom. The highest BCUT2D eigenvalue weighted by atomic mass is 16.4. The molecule has 21 heavy (non-hydrogen) atoms. The van der Waals surface area contributed by atoms with Crippen LogP contribution >= 0.6 is 0 Å². The van der Waals surface area contributed by atoms with Crippen LogP contribution in [0, 0.1) is 0 Å². The summed E-state index contributed by atoms with van der Waals surface area (Å²) < 4.78 is 0. The Morgan fingerprint density at radius 2 is 2.05 bits per heavy atom. The van der Waals surface area contributed by atoms with Crippen LogP contribution in [0.2, 0.25) is 0 Å². The molecule has 0 radical (unpaired) electrons. The number of carbonyl (C=O) groups excluding carboxylic acids is 1. The first-order valence-electron chi connectivity index (χ1n) is 7.45. The van der Waals surface area contributed by atoms with Crippen LogP contribution in [-0.2, 0) is 17.6 Å². The second kappa shape index (κ2) is 7.11. The van der Waals surface area contributed by atoms with Gasteiger partial charge < -0.3 is 15.7 Å². The van der Waals surface area contributed by atoms with Crippen LogP contribution in [0.15, 0.2) is 18.2 Å². The molecule has 0 aromatic heterocycles. The van der Waals surface area contributed by atoms with E-state index >= 15 is 0 Å². The number of carboxylic acid groups (broad SMARTS) is 1. The first kappa shape index (κ1) is 15.4. The lowest BCUT2D eigenvalue weighted by Crippen LogP contribution is -2.36. The number of aliphatic carboxylic acids is 1. The van der Waals surface area contributed by atoms with E-state index in [1.165, 1.54) is 17.5 Å². The van der Waals surface area contributed by atoms with Gasteiger partial charge >= 0.3 is 12.0 Å². The summed E-state index contributed by atoms with van der Waals surface area (Å²) in [5.74, 6) is -0.801. The Hall–Kier alpha value is -2.04. The topological polar surface area (TPSA) is 78.4 Å². The van der Waals surface area contributed by atoms with Crippen molar-refractivity contribution in [1.29, 1.82) is 0 Å². The summed E-state index contributed by atoms with van der Waals surface area (Å²) >= 11 is 0. The number of nitrogens with one attached hydrogen (secondary N) is 2. The molecule has 5 nitrogen and oxygen atoms in total. The van der Waals surface area contributed by atoms with Crippen molar-refractivity contribution in [3.05, 3.63) is 29.3 Å². The summed E-state index contributed by atoms with van der Waals surface area (Å²) in [5.41, 5.74) is 3.51. The Morgan fingerprint density at radius 1 is 1.29 bits per heavy atom. The number of carboxylic acids is 1. The summed E-state index contributed by atoms with van der Waals surface area (Å²) in [4.78, 5) is 22.3. The zero-order chi connectivity index (χ0) is 15.2. The van der Waals surface area contributed by atoms with E-state index in [4.69, 9.17) is 5.11 Å². The third kappa shape index (κ3) is 4.77. The van der Waals surface area contributed by atoms with Crippen molar-refractivity contribution < 1.29 is 14.7 Å². The fourth-order valence-electron chi connectivity index (χ4n) is 2.67. The molecule has 0 spiro atoms. The fraction of sp³-hybridized carbons (Fsp3) is 0.500. The molecule has 5 heteroatoms. The molecule has 1 unspecified atom stereocenters. The highest BCUT2D eigenvalue weighted by molar-refractivity contribution is 5.89. The molecule has 0 fully saturated rings. The summed E-state index contributed by atoms with van der Waals surface area (Å²) in [6, 6.07) is 5.76. The number of hydrogen-bond donors (Lipinski definition) is 3. The van der Waals surface area contributed by atoms with Gasteiger partial charge in [-0.25, -0.2) is 4.79 Å². The average molecular weight is 290 g/mol. The molecule has 3 N–H and O–H groups in total. The Labute approximate surface area is 124 Å². The van der Waals surface area contributed by atoms with E-state index in [1.54, 1.807) is 0 Å². The van der Waals surface area contributed by atoms with Gasteiger partial charge in [0.1, 0.15) is 0 Å². The molecular formula is C16H22N2O3. The van der Waals surface area contributed by atoms with Gasteiger partial charge in [-0.15, -0.1) is 0 Å². The number of hydrogen-bond acceptors (Lipinski definition) is 2. The van der Waals surface area contributed by atoms with Crippen LogP contribution < -0.4 is 10.6 Å². The van der Waals surface area contributed by atoms with E-state index in [9.17, 15) is 9.59 Å². The van der Waals surface area contributed by atoms with E-state index in [1.807, 2.05) is 19.1 Å². The Balaban J connectivity index is 1.77. The van der Waals surface area contributed by atoms with Gasteiger partial charge in [-0.05, 0) is 62.3 Å². The van der Waals surface area contributed by atoms with Crippen molar-refractivity contribution >= 4 is 17.7 Å². The van der Waals surface area contributed by atoms with Crippen LogP contribution in [0.1, 0.15) is 43.7 Å². The first-order valence-corrected chi connectivity index (χ1v) is 7.45.